The van der Waals surface area contributed by atoms with Gasteiger partial charge in [-0.2, -0.15) is 0 Å². The van der Waals surface area contributed by atoms with Crippen molar-refractivity contribution in [3.05, 3.63) is 59.7 Å². The second kappa shape index (κ2) is 10.1. The van der Waals surface area contributed by atoms with E-state index in [0.29, 0.717) is 13.0 Å². The number of rotatable bonds is 8. The van der Waals surface area contributed by atoms with Gasteiger partial charge in [0.25, 0.3) is 0 Å². The molecule has 2 amide bonds. The lowest BCUT2D eigenvalue weighted by atomic mass is 9.79. The van der Waals surface area contributed by atoms with Gasteiger partial charge in [0.15, 0.2) is 0 Å². The first-order valence-electron chi connectivity index (χ1n) is 12.6. The van der Waals surface area contributed by atoms with E-state index in [4.69, 9.17) is 4.74 Å². The lowest BCUT2D eigenvalue weighted by molar-refractivity contribution is -0.145. The highest BCUT2D eigenvalue weighted by Crippen LogP contribution is 2.44. The average Bonchev–Trinajstić information content (AvgIpc) is 3.67. The lowest BCUT2D eigenvalue weighted by Gasteiger charge is -2.29. The van der Waals surface area contributed by atoms with Crippen LogP contribution in [0.15, 0.2) is 48.5 Å². The molecule has 7 heteroatoms. The number of nitrogens with one attached hydrogen (secondary N) is 2. The lowest BCUT2D eigenvalue weighted by Crippen LogP contribution is -2.50. The summed E-state index contributed by atoms with van der Waals surface area (Å²) in [6.45, 7) is 0.520. The Morgan fingerprint density at radius 1 is 0.914 bits per heavy atom. The van der Waals surface area contributed by atoms with E-state index in [1.54, 1.807) is 0 Å². The normalized spacial score (nSPS) is 21.9. The third-order valence-corrected chi connectivity index (χ3v) is 7.76. The van der Waals surface area contributed by atoms with Crippen molar-refractivity contribution in [1.29, 1.82) is 0 Å². The minimum Gasteiger partial charge on any atom is -0.481 e. The number of hydrogen-bond acceptors (Lipinski definition) is 4. The molecule has 3 atom stereocenters. The Morgan fingerprint density at radius 2 is 1.54 bits per heavy atom. The van der Waals surface area contributed by atoms with Crippen LogP contribution in [0, 0.1) is 17.8 Å². The Bertz CT molecular complexity index is 1070. The number of carbonyl (C=O) groups is 3. The number of alkyl carbamates (subject to hydrolysis) is 1. The van der Waals surface area contributed by atoms with E-state index >= 15 is 0 Å². The van der Waals surface area contributed by atoms with E-state index in [-0.39, 0.29) is 30.3 Å². The van der Waals surface area contributed by atoms with Crippen molar-refractivity contribution in [3.63, 3.8) is 0 Å². The molecule has 0 radical (unpaired) electrons. The van der Waals surface area contributed by atoms with Crippen LogP contribution in [0.3, 0.4) is 0 Å². The van der Waals surface area contributed by atoms with Crippen LogP contribution >= 0.6 is 0 Å². The molecular formula is C28H32N2O5. The standard InChI is InChI=1S/C28H32N2O5/c31-26(29-15-18-7-1-2-8-19(18)27(32)33)25(17-13-14-17)30-28(34)35-16-24-22-11-5-3-9-20(22)21-10-4-6-12-23(21)24/h3-6,9-12,17-19,24-25H,1-2,7-8,13-16H2,(H,29,31)(H,30,34)(H,32,33). The molecule has 7 nitrogen and oxygen atoms in total. The van der Waals surface area contributed by atoms with Gasteiger partial charge in [-0.15, -0.1) is 0 Å². The van der Waals surface area contributed by atoms with Crippen LogP contribution in [0.1, 0.15) is 55.6 Å². The molecule has 3 aliphatic carbocycles. The van der Waals surface area contributed by atoms with E-state index < -0.39 is 24.0 Å². The topological polar surface area (TPSA) is 105 Å². The number of aliphatic carboxylic acids is 1. The van der Waals surface area contributed by atoms with Crippen molar-refractivity contribution in [2.75, 3.05) is 13.2 Å². The van der Waals surface area contributed by atoms with E-state index in [0.717, 1.165) is 54.4 Å². The second-order valence-corrected chi connectivity index (χ2v) is 10.0. The van der Waals surface area contributed by atoms with Gasteiger partial charge in [-0.05, 0) is 59.8 Å². The van der Waals surface area contributed by atoms with Gasteiger partial charge < -0.3 is 20.5 Å². The zero-order valence-electron chi connectivity index (χ0n) is 19.7. The summed E-state index contributed by atoms with van der Waals surface area (Å²) in [5.41, 5.74) is 4.60. The Morgan fingerprint density at radius 3 is 2.17 bits per heavy atom. The molecule has 2 saturated carbocycles. The molecule has 3 N–H and O–H groups in total. The minimum absolute atomic E-state index is 0.0411. The van der Waals surface area contributed by atoms with Gasteiger partial charge >= 0.3 is 12.1 Å². The van der Waals surface area contributed by atoms with Crippen molar-refractivity contribution in [3.8, 4) is 11.1 Å². The number of carboxylic acid groups (broad SMARTS) is 1. The fourth-order valence-corrected chi connectivity index (χ4v) is 5.71. The van der Waals surface area contributed by atoms with Crippen LogP contribution in [-0.4, -0.2) is 42.3 Å². The zero-order valence-corrected chi connectivity index (χ0v) is 19.7. The molecule has 0 saturated heterocycles. The zero-order chi connectivity index (χ0) is 24.4. The SMILES string of the molecule is O=C(NC(C(=O)NCC1CCCCC1C(=O)O)C1CC1)OCC1c2ccccc2-c2ccccc21. The number of amides is 2. The largest absolute Gasteiger partial charge is 0.481 e. The summed E-state index contributed by atoms with van der Waals surface area (Å²) >= 11 is 0. The maximum absolute atomic E-state index is 12.9. The molecule has 35 heavy (non-hydrogen) atoms. The van der Waals surface area contributed by atoms with Crippen LogP contribution in [0.4, 0.5) is 4.79 Å². The van der Waals surface area contributed by atoms with Gasteiger partial charge in [0, 0.05) is 12.5 Å². The second-order valence-electron chi connectivity index (χ2n) is 10.0. The molecule has 0 aromatic heterocycles. The minimum atomic E-state index is -0.792. The molecule has 3 unspecified atom stereocenters. The Labute approximate surface area is 205 Å². The van der Waals surface area contributed by atoms with Gasteiger partial charge in [0.2, 0.25) is 5.91 Å². The van der Waals surface area contributed by atoms with E-state index in [1.165, 1.54) is 0 Å². The van der Waals surface area contributed by atoms with Crippen molar-refractivity contribution < 1.29 is 24.2 Å². The number of carbonyl (C=O) groups excluding carboxylic acids is 2. The predicted molar refractivity (Wildman–Crippen MR) is 131 cm³/mol. The summed E-state index contributed by atoms with van der Waals surface area (Å²) in [5, 5.41) is 15.2. The summed E-state index contributed by atoms with van der Waals surface area (Å²) in [6, 6.07) is 15.7. The van der Waals surface area contributed by atoms with Crippen LogP contribution < -0.4 is 10.6 Å². The Balaban J connectivity index is 1.18. The molecule has 2 aromatic rings. The van der Waals surface area contributed by atoms with Crippen molar-refractivity contribution in [2.45, 2.75) is 50.5 Å². The van der Waals surface area contributed by atoms with E-state index in [2.05, 4.69) is 34.9 Å². The number of fused-ring (bicyclic) bond motifs is 3. The molecule has 5 rings (SSSR count). The third-order valence-electron chi connectivity index (χ3n) is 7.76. The number of hydrogen-bond donors (Lipinski definition) is 3. The molecule has 3 aliphatic rings. The molecule has 0 bridgehead atoms. The first-order valence-corrected chi connectivity index (χ1v) is 12.6. The van der Waals surface area contributed by atoms with Crippen molar-refractivity contribution in [2.24, 2.45) is 17.8 Å². The summed E-state index contributed by atoms with van der Waals surface area (Å²) in [6.07, 6.45) is 4.50. The van der Waals surface area contributed by atoms with Gasteiger partial charge in [-0.25, -0.2) is 4.79 Å². The number of ether oxygens (including phenoxy) is 1. The van der Waals surface area contributed by atoms with Crippen molar-refractivity contribution >= 4 is 18.0 Å². The number of carboxylic acids is 1. The molecular weight excluding hydrogens is 444 g/mol. The Kier molecular flexibility index (Phi) is 6.75. The molecule has 0 aliphatic heterocycles. The molecule has 0 spiro atoms. The smallest absolute Gasteiger partial charge is 0.407 e. The average molecular weight is 477 g/mol. The summed E-state index contributed by atoms with van der Waals surface area (Å²) in [4.78, 5) is 37.2. The van der Waals surface area contributed by atoms with Gasteiger partial charge in [-0.1, -0.05) is 61.4 Å². The van der Waals surface area contributed by atoms with Gasteiger partial charge in [0.05, 0.1) is 5.92 Å². The Hall–Kier alpha value is -3.35. The van der Waals surface area contributed by atoms with Crippen LogP contribution in [0.25, 0.3) is 11.1 Å². The van der Waals surface area contributed by atoms with Crippen LogP contribution in [0.5, 0.6) is 0 Å². The van der Waals surface area contributed by atoms with Crippen LogP contribution in [0.2, 0.25) is 0 Å². The summed E-state index contributed by atoms with van der Waals surface area (Å²) in [5.74, 6) is -1.48. The van der Waals surface area contributed by atoms with E-state index in [1.807, 2.05) is 24.3 Å². The first-order chi connectivity index (χ1) is 17.0. The molecule has 2 fully saturated rings. The maximum Gasteiger partial charge on any atom is 0.407 e. The number of benzene rings is 2. The quantitative estimate of drug-likeness (QED) is 0.527. The summed E-state index contributed by atoms with van der Waals surface area (Å²) < 4.78 is 5.63. The monoisotopic (exact) mass is 476 g/mol. The highest BCUT2D eigenvalue weighted by molar-refractivity contribution is 5.86. The maximum atomic E-state index is 12.9. The molecule has 0 heterocycles. The summed E-state index contributed by atoms with van der Waals surface area (Å²) in [7, 11) is 0. The molecule has 184 valence electrons. The molecule has 2 aromatic carbocycles. The fraction of sp³-hybridized carbons (Fsp3) is 0.464. The van der Waals surface area contributed by atoms with Crippen molar-refractivity contribution in [1.82, 2.24) is 10.6 Å². The fourth-order valence-electron chi connectivity index (χ4n) is 5.71. The first kappa shape index (κ1) is 23.4. The van der Waals surface area contributed by atoms with Gasteiger partial charge in [0.1, 0.15) is 12.6 Å². The highest BCUT2D eigenvalue weighted by atomic mass is 16.5. The van der Waals surface area contributed by atoms with Crippen LogP contribution in [-0.2, 0) is 14.3 Å². The third kappa shape index (κ3) is 5.04. The van der Waals surface area contributed by atoms with E-state index in [9.17, 15) is 19.5 Å². The highest BCUT2D eigenvalue weighted by Gasteiger charge is 2.39. The van der Waals surface area contributed by atoms with Gasteiger partial charge in [-0.3, -0.25) is 9.59 Å². The predicted octanol–water partition coefficient (Wildman–Crippen LogP) is 4.31.